The maximum atomic E-state index is 13.8. The number of esters is 2. The molecular weight excluding hydrogens is 472 g/mol. The quantitative estimate of drug-likeness (QED) is 0.566. The SMILES string of the molecule is COC(=O)[C@H](Cc1ccc(C2CCCN(C)C2=O)cc1)NC(=O)C12CC3CC(C1)CC(C(=O)OC)(C3)C2. The van der Waals surface area contributed by atoms with Gasteiger partial charge in [-0.25, -0.2) is 4.79 Å². The van der Waals surface area contributed by atoms with Crippen molar-refractivity contribution in [1.82, 2.24) is 10.2 Å². The number of likely N-dealkylation sites (N-methyl/N-ethyl adjacent to an activating group) is 1. The molecule has 200 valence electrons. The largest absolute Gasteiger partial charge is 0.469 e. The third-order valence-corrected chi connectivity index (χ3v) is 9.43. The van der Waals surface area contributed by atoms with E-state index in [-0.39, 0.29) is 23.7 Å². The molecule has 8 nitrogen and oxygen atoms in total. The summed E-state index contributed by atoms with van der Waals surface area (Å²) in [5, 5.41) is 3.01. The van der Waals surface area contributed by atoms with E-state index in [0.29, 0.717) is 24.7 Å². The number of amides is 2. The van der Waals surface area contributed by atoms with Crippen molar-refractivity contribution in [2.75, 3.05) is 27.8 Å². The maximum Gasteiger partial charge on any atom is 0.328 e. The van der Waals surface area contributed by atoms with Gasteiger partial charge in [-0.2, -0.15) is 0 Å². The summed E-state index contributed by atoms with van der Waals surface area (Å²) < 4.78 is 10.2. The van der Waals surface area contributed by atoms with E-state index < -0.39 is 22.8 Å². The molecule has 4 saturated carbocycles. The second-order valence-electron chi connectivity index (χ2n) is 12.0. The van der Waals surface area contributed by atoms with Gasteiger partial charge in [0.1, 0.15) is 6.04 Å². The summed E-state index contributed by atoms with van der Waals surface area (Å²) in [6.45, 7) is 0.789. The minimum absolute atomic E-state index is 0.137. The van der Waals surface area contributed by atoms with Crippen molar-refractivity contribution in [2.24, 2.45) is 22.7 Å². The molecule has 3 unspecified atom stereocenters. The molecule has 8 heteroatoms. The van der Waals surface area contributed by atoms with Crippen LogP contribution in [0.25, 0.3) is 0 Å². The van der Waals surface area contributed by atoms with Gasteiger partial charge >= 0.3 is 11.9 Å². The minimum atomic E-state index is -0.826. The molecule has 4 bridgehead atoms. The Bertz CT molecular complexity index is 1070. The van der Waals surface area contributed by atoms with Gasteiger partial charge < -0.3 is 19.7 Å². The van der Waals surface area contributed by atoms with Crippen LogP contribution in [-0.4, -0.2) is 62.5 Å². The lowest BCUT2D eigenvalue weighted by Crippen LogP contribution is -2.61. The molecule has 0 radical (unpaired) electrons. The zero-order valence-corrected chi connectivity index (χ0v) is 22.1. The number of ether oxygens (including phenoxy) is 2. The molecule has 0 aromatic heterocycles. The third-order valence-electron chi connectivity index (χ3n) is 9.43. The normalized spacial score (nSPS) is 33.1. The van der Waals surface area contributed by atoms with Crippen LogP contribution in [-0.2, 0) is 35.1 Å². The Hall–Kier alpha value is -2.90. The summed E-state index contributed by atoms with van der Waals surface area (Å²) in [7, 11) is 4.59. The Morgan fingerprint density at radius 1 is 1.03 bits per heavy atom. The molecule has 4 atom stereocenters. The average Bonchev–Trinajstić information content (AvgIpc) is 2.88. The first kappa shape index (κ1) is 25.7. The molecule has 0 spiro atoms. The number of nitrogens with one attached hydrogen (secondary N) is 1. The average molecular weight is 511 g/mol. The summed E-state index contributed by atoms with van der Waals surface area (Å²) in [6.07, 6.45) is 6.72. The fraction of sp³-hybridized carbons (Fsp3) is 0.655. The summed E-state index contributed by atoms with van der Waals surface area (Å²) in [6, 6.07) is 6.93. The van der Waals surface area contributed by atoms with E-state index in [9.17, 15) is 19.2 Å². The number of piperidine rings is 1. The van der Waals surface area contributed by atoms with E-state index in [2.05, 4.69) is 5.32 Å². The van der Waals surface area contributed by atoms with Crippen LogP contribution in [0.3, 0.4) is 0 Å². The highest BCUT2D eigenvalue weighted by molar-refractivity contribution is 5.90. The first-order valence-electron chi connectivity index (χ1n) is 13.5. The van der Waals surface area contributed by atoms with Crippen molar-refractivity contribution in [1.29, 1.82) is 0 Å². The summed E-state index contributed by atoms with van der Waals surface area (Å²) in [5.41, 5.74) is 0.618. The zero-order chi connectivity index (χ0) is 26.4. The van der Waals surface area contributed by atoms with Gasteiger partial charge in [0, 0.05) is 20.0 Å². The second kappa shape index (κ2) is 9.76. The van der Waals surface area contributed by atoms with Crippen molar-refractivity contribution >= 4 is 23.8 Å². The van der Waals surface area contributed by atoms with Crippen molar-refractivity contribution in [2.45, 2.75) is 69.7 Å². The van der Waals surface area contributed by atoms with Crippen LogP contribution in [0.5, 0.6) is 0 Å². The number of benzene rings is 1. The Kier molecular flexibility index (Phi) is 6.79. The molecule has 1 saturated heterocycles. The van der Waals surface area contributed by atoms with Gasteiger partial charge in [-0.1, -0.05) is 24.3 Å². The number of carbonyl (C=O) groups excluding carboxylic acids is 4. The van der Waals surface area contributed by atoms with Crippen molar-refractivity contribution in [3.8, 4) is 0 Å². The second-order valence-corrected chi connectivity index (χ2v) is 12.0. The molecule has 1 N–H and O–H groups in total. The lowest BCUT2D eigenvalue weighted by atomic mass is 9.44. The molecule has 37 heavy (non-hydrogen) atoms. The van der Waals surface area contributed by atoms with Gasteiger partial charge in [-0.15, -0.1) is 0 Å². The molecule has 2 amide bonds. The number of rotatable bonds is 7. The molecular formula is C29H38N2O6. The molecule has 6 rings (SSSR count). The highest BCUT2D eigenvalue weighted by atomic mass is 16.5. The van der Waals surface area contributed by atoms with E-state index in [1.54, 1.807) is 4.90 Å². The van der Waals surface area contributed by atoms with Gasteiger partial charge in [-0.05, 0) is 74.3 Å². The standard InChI is InChI=1S/C29H38N2O6/c1-31-10-4-5-22(24(31)32)21-8-6-18(7-9-21)12-23(25(33)36-2)30-26(34)28-13-19-11-20(14-28)16-29(15-19,17-28)27(35)37-3/h6-9,19-20,22-23H,4-5,10-17H2,1-3H3,(H,30,34)/t19?,20?,22?,23-,28?,29?/m0/s1. The van der Waals surface area contributed by atoms with Crippen LogP contribution in [0.2, 0.25) is 0 Å². The van der Waals surface area contributed by atoms with E-state index in [4.69, 9.17) is 9.47 Å². The van der Waals surface area contributed by atoms with Crippen LogP contribution in [0.15, 0.2) is 24.3 Å². The van der Waals surface area contributed by atoms with Gasteiger partial charge in [-0.3, -0.25) is 14.4 Å². The molecule has 5 aliphatic rings. The lowest BCUT2D eigenvalue weighted by Gasteiger charge is -2.59. The Labute approximate surface area is 218 Å². The number of hydrogen-bond acceptors (Lipinski definition) is 6. The maximum absolute atomic E-state index is 13.8. The molecule has 5 fully saturated rings. The summed E-state index contributed by atoms with van der Waals surface area (Å²) in [4.78, 5) is 53.6. The van der Waals surface area contributed by atoms with Crippen molar-refractivity contribution < 1.29 is 28.7 Å². The Balaban J connectivity index is 1.31. The number of nitrogens with zero attached hydrogens (tertiary/aromatic N) is 1. The molecule has 1 aliphatic heterocycles. The van der Waals surface area contributed by atoms with Crippen LogP contribution in [0.1, 0.15) is 68.4 Å². The monoisotopic (exact) mass is 510 g/mol. The van der Waals surface area contributed by atoms with Crippen molar-refractivity contribution in [3.05, 3.63) is 35.4 Å². The van der Waals surface area contributed by atoms with Gasteiger partial charge in [0.05, 0.1) is 31.0 Å². The fourth-order valence-electron chi connectivity index (χ4n) is 8.09. The molecule has 1 aromatic rings. The number of likely N-dealkylation sites (tertiary alicyclic amines) is 1. The van der Waals surface area contributed by atoms with E-state index >= 15 is 0 Å². The van der Waals surface area contributed by atoms with E-state index in [1.807, 2.05) is 31.3 Å². The van der Waals surface area contributed by atoms with Gasteiger partial charge in [0.15, 0.2) is 0 Å². The fourth-order valence-corrected chi connectivity index (χ4v) is 8.09. The lowest BCUT2D eigenvalue weighted by molar-refractivity contribution is -0.182. The van der Waals surface area contributed by atoms with Crippen molar-refractivity contribution in [3.63, 3.8) is 0 Å². The van der Waals surface area contributed by atoms with Crippen LogP contribution < -0.4 is 5.32 Å². The highest BCUT2D eigenvalue weighted by Crippen LogP contribution is 2.65. The van der Waals surface area contributed by atoms with Crippen LogP contribution in [0, 0.1) is 22.7 Å². The Morgan fingerprint density at radius 2 is 1.68 bits per heavy atom. The molecule has 1 aromatic carbocycles. The highest BCUT2D eigenvalue weighted by Gasteiger charge is 2.63. The van der Waals surface area contributed by atoms with E-state index in [1.165, 1.54) is 14.2 Å². The predicted octanol–water partition coefficient (Wildman–Crippen LogP) is 2.98. The molecule has 4 aliphatic carbocycles. The van der Waals surface area contributed by atoms with Gasteiger partial charge in [0.2, 0.25) is 11.8 Å². The number of carbonyl (C=O) groups is 4. The third kappa shape index (κ3) is 4.64. The Morgan fingerprint density at radius 3 is 2.30 bits per heavy atom. The van der Waals surface area contributed by atoms with Crippen LogP contribution >= 0.6 is 0 Å². The summed E-state index contributed by atoms with van der Waals surface area (Å²) in [5.74, 6) is -0.188. The minimum Gasteiger partial charge on any atom is -0.469 e. The van der Waals surface area contributed by atoms with Gasteiger partial charge in [0.25, 0.3) is 0 Å². The van der Waals surface area contributed by atoms with E-state index in [0.717, 1.165) is 62.6 Å². The zero-order valence-electron chi connectivity index (χ0n) is 22.1. The predicted molar refractivity (Wildman–Crippen MR) is 135 cm³/mol. The topological polar surface area (TPSA) is 102 Å². The first-order valence-corrected chi connectivity index (χ1v) is 13.5. The van der Waals surface area contributed by atoms with Crippen LogP contribution in [0.4, 0.5) is 0 Å². The number of hydrogen-bond donors (Lipinski definition) is 1. The smallest absolute Gasteiger partial charge is 0.328 e. The first-order chi connectivity index (χ1) is 17.7. The summed E-state index contributed by atoms with van der Waals surface area (Å²) >= 11 is 0. The molecule has 1 heterocycles. The number of methoxy groups -OCH3 is 2.